The summed E-state index contributed by atoms with van der Waals surface area (Å²) in [6.07, 6.45) is 0.228. The average molecular weight is 467 g/mol. The first-order valence-corrected chi connectivity index (χ1v) is 11.2. The van der Waals surface area contributed by atoms with E-state index in [1.165, 1.54) is 12.7 Å². The Bertz CT molecular complexity index is 971. The normalized spacial score (nSPS) is 37.4. The smallest absolute Gasteiger partial charge is 0.283 e. The minimum Gasteiger partial charge on any atom is -0.394 e. The van der Waals surface area contributed by atoms with Crippen LogP contribution >= 0.6 is 0 Å². The van der Waals surface area contributed by atoms with Crippen LogP contribution in [0.25, 0.3) is 11.2 Å². The Morgan fingerprint density at radius 2 is 1.88 bits per heavy atom. The first-order valence-electron chi connectivity index (χ1n) is 11.2. The van der Waals surface area contributed by atoms with Gasteiger partial charge in [0.2, 0.25) is 0 Å². The van der Waals surface area contributed by atoms with Crippen molar-refractivity contribution >= 4 is 17.0 Å². The predicted molar refractivity (Wildman–Crippen MR) is 111 cm³/mol. The third-order valence-electron chi connectivity index (χ3n) is 6.55. The molecule has 0 aromatic carbocycles. The lowest BCUT2D eigenvalue weighted by Gasteiger charge is -2.30. The van der Waals surface area contributed by atoms with Gasteiger partial charge in [-0.15, -0.1) is 0 Å². The van der Waals surface area contributed by atoms with Gasteiger partial charge in [-0.3, -0.25) is 4.57 Å². The first kappa shape index (κ1) is 22.8. The Hall–Kier alpha value is -1.97. The SMILES string of the molecule is OC[C@H]1O[C@@H](n2cnc3c(NC4CCCC4)ncnc32)C(O[C@]2(O)C[C@H](O)[C@@H](CO)O2)C1O. The first-order chi connectivity index (χ1) is 15.9. The number of rotatable bonds is 7. The molecule has 3 aliphatic rings. The van der Waals surface area contributed by atoms with Gasteiger partial charge in [0.1, 0.15) is 30.7 Å². The van der Waals surface area contributed by atoms with Crippen LogP contribution in [0.4, 0.5) is 5.82 Å². The Labute approximate surface area is 189 Å². The Kier molecular flexibility index (Phi) is 6.22. The van der Waals surface area contributed by atoms with E-state index in [9.17, 15) is 25.5 Å². The number of aliphatic hydroxyl groups excluding tert-OH is 4. The molecule has 2 saturated heterocycles. The minimum atomic E-state index is -2.26. The molecule has 0 amide bonds. The molecule has 1 saturated carbocycles. The number of hydrogen-bond acceptors (Lipinski definition) is 12. The summed E-state index contributed by atoms with van der Waals surface area (Å²) in [6.45, 7) is -1.01. The predicted octanol–water partition coefficient (Wildman–Crippen LogP) is -1.40. The van der Waals surface area contributed by atoms with E-state index in [1.54, 1.807) is 4.57 Å². The second-order valence-corrected chi connectivity index (χ2v) is 8.82. The summed E-state index contributed by atoms with van der Waals surface area (Å²) < 4.78 is 18.4. The summed E-state index contributed by atoms with van der Waals surface area (Å²) in [5, 5.41) is 53.9. The van der Waals surface area contributed by atoms with Crippen LogP contribution < -0.4 is 5.32 Å². The maximum Gasteiger partial charge on any atom is 0.283 e. The molecule has 3 fully saturated rings. The Balaban J connectivity index is 1.44. The highest BCUT2D eigenvalue weighted by Crippen LogP contribution is 2.39. The average Bonchev–Trinajstić information content (AvgIpc) is 3.57. The van der Waals surface area contributed by atoms with E-state index >= 15 is 0 Å². The van der Waals surface area contributed by atoms with Crippen molar-refractivity contribution in [1.82, 2.24) is 19.5 Å². The maximum atomic E-state index is 10.7. The Morgan fingerprint density at radius 3 is 2.58 bits per heavy atom. The van der Waals surface area contributed by atoms with Crippen molar-refractivity contribution in [2.45, 2.75) is 80.9 Å². The monoisotopic (exact) mass is 467 g/mol. The molecule has 2 unspecified atom stereocenters. The van der Waals surface area contributed by atoms with Gasteiger partial charge < -0.3 is 45.1 Å². The zero-order chi connectivity index (χ0) is 23.2. The van der Waals surface area contributed by atoms with Crippen LogP contribution in [0.1, 0.15) is 38.3 Å². The van der Waals surface area contributed by atoms with Crippen LogP contribution in [0, 0.1) is 0 Å². The number of imidazole rings is 1. The second kappa shape index (κ2) is 9.00. The maximum absolute atomic E-state index is 10.7. The van der Waals surface area contributed by atoms with Gasteiger partial charge in [-0.1, -0.05) is 12.8 Å². The summed E-state index contributed by atoms with van der Waals surface area (Å²) in [6, 6.07) is 0.312. The zero-order valence-corrected chi connectivity index (χ0v) is 17.9. The molecule has 182 valence electrons. The lowest BCUT2D eigenvalue weighted by molar-refractivity contribution is -0.376. The molecule has 0 radical (unpaired) electrons. The van der Waals surface area contributed by atoms with Gasteiger partial charge >= 0.3 is 0 Å². The van der Waals surface area contributed by atoms with Crippen molar-refractivity contribution in [3.63, 3.8) is 0 Å². The van der Waals surface area contributed by atoms with Crippen LogP contribution in [0.15, 0.2) is 12.7 Å². The number of aliphatic hydroxyl groups is 5. The van der Waals surface area contributed by atoms with Crippen molar-refractivity contribution in [1.29, 1.82) is 0 Å². The fraction of sp³-hybridized carbons (Fsp3) is 0.750. The number of aromatic nitrogens is 4. The third kappa shape index (κ3) is 4.19. The summed E-state index contributed by atoms with van der Waals surface area (Å²) in [5.74, 6) is -1.67. The second-order valence-electron chi connectivity index (χ2n) is 8.82. The van der Waals surface area contributed by atoms with Crippen molar-refractivity contribution < 1.29 is 39.7 Å². The van der Waals surface area contributed by atoms with E-state index in [-0.39, 0.29) is 6.42 Å². The Morgan fingerprint density at radius 1 is 1.12 bits per heavy atom. The molecule has 0 bridgehead atoms. The van der Waals surface area contributed by atoms with Crippen LogP contribution in [-0.2, 0) is 14.2 Å². The van der Waals surface area contributed by atoms with E-state index in [0.29, 0.717) is 23.0 Å². The number of nitrogens with one attached hydrogen (secondary N) is 1. The molecule has 2 aromatic rings. The lowest BCUT2D eigenvalue weighted by atomic mass is 10.1. The third-order valence-corrected chi connectivity index (χ3v) is 6.55. The van der Waals surface area contributed by atoms with E-state index in [2.05, 4.69) is 20.3 Å². The standard InChI is InChI=1S/C20H29N5O8/c26-6-12-11(28)5-20(30,32-12)33-16-15(29)13(7-27)31-19(16)25-9-23-14-17(21-8-22-18(14)25)24-10-3-1-2-4-10/h8-13,15-16,19,26-30H,1-7H2,(H,21,22,24)/t11-,12+,13+,15?,16?,19+,20-/m0/s1. The number of hydrogen-bond donors (Lipinski definition) is 6. The quantitative estimate of drug-likeness (QED) is 0.262. The summed E-state index contributed by atoms with van der Waals surface area (Å²) in [5.41, 5.74) is 0.933. The van der Waals surface area contributed by atoms with Crippen LogP contribution in [0.2, 0.25) is 0 Å². The number of nitrogens with zero attached hydrogens (tertiary/aromatic N) is 4. The highest BCUT2D eigenvalue weighted by atomic mass is 16.8. The van der Waals surface area contributed by atoms with E-state index in [0.717, 1.165) is 25.7 Å². The molecule has 13 nitrogen and oxygen atoms in total. The van der Waals surface area contributed by atoms with Gasteiger partial charge in [-0.2, -0.15) is 0 Å². The lowest BCUT2D eigenvalue weighted by Crippen LogP contribution is -2.44. The highest BCUT2D eigenvalue weighted by molar-refractivity contribution is 5.82. The molecule has 2 aromatic heterocycles. The van der Waals surface area contributed by atoms with Gasteiger partial charge in [0.25, 0.3) is 5.97 Å². The molecule has 0 spiro atoms. The molecule has 1 aliphatic carbocycles. The number of fused-ring (bicyclic) bond motifs is 1. The minimum absolute atomic E-state index is 0.312. The van der Waals surface area contributed by atoms with E-state index in [4.69, 9.17) is 14.2 Å². The molecule has 6 N–H and O–H groups in total. The van der Waals surface area contributed by atoms with Crippen molar-refractivity contribution in [2.24, 2.45) is 0 Å². The van der Waals surface area contributed by atoms with Crippen LogP contribution in [0.5, 0.6) is 0 Å². The van der Waals surface area contributed by atoms with Gasteiger partial charge in [0.05, 0.1) is 32.1 Å². The molecule has 7 atom stereocenters. The van der Waals surface area contributed by atoms with Gasteiger partial charge in [0.15, 0.2) is 23.2 Å². The molecule has 2 aliphatic heterocycles. The molecule has 5 rings (SSSR count). The highest BCUT2D eigenvalue weighted by Gasteiger charge is 2.53. The molecular formula is C20H29N5O8. The molecule has 13 heteroatoms. The number of ether oxygens (including phenoxy) is 3. The zero-order valence-electron chi connectivity index (χ0n) is 17.9. The fourth-order valence-electron chi connectivity index (χ4n) is 4.83. The van der Waals surface area contributed by atoms with Crippen LogP contribution in [0.3, 0.4) is 0 Å². The fourth-order valence-corrected chi connectivity index (χ4v) is 4.83. The summed E-state index contributed by atoms with van der Waals surface area (Å²) in [7, 11) is 0. The molecular weight excluding hydrogens is 438 g/mol. The van der Waals surface area contributed by atoms with Gasteiger partial charge in [0, 0.05) is 6.04 Å². The molecule has 33 heavy (non-hydrogen) atoms. The van der Waals surface area contributed by atoms with Crippen molar-refractivity contribution in [2.75, 3.05) is 18.5 Å². The largest absolute Gasteiger partial charge is 0.394 e. The van der Waals surface area contributed by atoms with Crippen molar-refractivity contribution in [3.05, 3.63) is 12.7 Å². The molecule has 4 heterocycles. The summed E-state index contributed by atoms with van der Waals surface area (Å²) >= 11 is 0. The van der Waals surface area contributed by atoms with Crippen LogP contribution in [-0.4, -0.2) is 101 Å². The van der Waals surface area contributed by atoms with Gasteiger partial charge in [-0.05, 0) is 12.8 Å². The van der Waals surface area contributed by atoms with Gasteiger partial charge in [-0.25, -0.2) is 15.0 Å². The number of anilines is 1. The van der Waals surface area contributed by atoms with E-state index in [1.807, 2.05) is 0 Å². The summed E-state index contributed by atoms with van der Waals surface area (Å²) in [4.78, 5) is 13.1. The van der Waals surface area contributed by atoms with E-state index < -0.39 is 55.9 Å². The van der Waals surface area contributed by atoms with Crippen molar-refractivity contribution in [3.8, 4) is 0 Å². The topological polar surface area (TPSA) is 184 Å².